The van der Waals surface area contributed by atoms with Gasteiger partial charge >= 0.3 is 0 Å². The molecule has 0 bridgehead atoms. The van der Waals surface area contributed by atoms with Crippen LogP contribution in [0.5, 0.6) is 0 Å². The van der Waals surface area contributed by atoms with Gasteiger partial charge in [0.1, 0.15) is 0 Å². The van der Waals surface area contributed by atoms with Gasteiger partial charge in [-0.25, -0.2) is 0 Å². The third kappa shape index (κ3) is 3.78. The van der Waals surface area contributed by atoms with Gasteiger partial charge in [0.15, 0.2) is 0 Å². The van der Waals surface area contributed by atoms with E-state index in [1.54, 1.807) is 0 Å². The summed E-state index contributed by atoms with van der Waals surface area (Å²) in [5.74, 6) is 0.417. The predicted molar refractivity (Wildman–Crippen MR) is 67.1 cm³/mol. The zero-order chi connectivity index (χ0) is 12.0. The summed E-state index contributed by atoms with van der Waals surface area (Å²) in [7, 11) is 0. The van der Waals surface area contributed by atoms with E-state index in [1.807, 2.05) is 13.8 Å². The summed E-state index contributed by atoms with van der Waals surface area (Å²) in [6.45, 7) is 5.49. The van der Waals surface area contributed by atoms with Crippen molar-refractivity contribution < 1.29 is 4.79 Å². The Balaban J connectivity index is 2.57. The van der Waals surface area contributed by atoms with Crippen LogP contribution >= 0.6 is 0 Å². The van der Waals surface area contributed by atoms with Crippen LogP contribution < -0.4 is 5.73 Å². The van der Waals surface area contributed by atoms with Crippen molar-refractivity contribution in [1.82, 2.24) is 4.90 Å². The van der Waals surface area contributed by atoms with Crippen LogP contribution in [0.15, 0.2) is 0 Å². The first-order chi connectivity index (χ1) is 7.66. The topological polar surface area (TPSA) is 46.3 Å². The number of rotatable bonds is 5. The van der Waals surface area contributed by atoms with Crippen LogP contribution in [0.3, 0.4) is 0 Å². The number of carbonyl (C=O) groups excluding carboxylic acids is 1. The number of carbonyl (C=O) groups is 1. The van der Waals surface area contributed by atoms with Crippen molar-refractivity contribution in [3.05, 3.63) is 0 Å². The van der Waals surface area contributed by atoms with Crippen LogP contribution in [0.4, 0.5) is 0 Å². The Morgan fingerprint density at radius 1 is 1.31 bits per heavy atom. The van der Waals surface area contributed by atoms with Crippen LogP contribution in [-0.2, 0) is 4.79 Å². The first-order valence-corrected chi connectivity index (χ1v) is 6.67. The molecule has 0 aromatic heterocycles. The Morgan fingerprint density at radius 2 is 1.94 bits per heavy atom. The monoisotopic (exact) mass is 226 g/mol. The molecule has 0 aliphatic heterocycles. The van der Waals surface area contributed by atoms with Gasteiger partial charge in [0.25, 0.3) is 0 Å². The Kier molecular flexibility index (Phi) is 5.81. The third-order valence-electron chi connectivity index (χ3n) is 3.40. The van der Waals surface area contributed by atoms with Gasteiger partial charge < -0.3 is 10.6 Å². The Hall–Kier alpha value is -0.570. The molecule has 3 heteroatoms. The normalized spacial score (nSPS) is 17.8. The van der Waals surface area contributed by atoms with E-state index in [9.17, 15) is 4.79 Å². The highest BCUT2D eigenvalue weighted by Gasteiger charge is 2.26. The zero-order valence-electron chi connectivity index (χ0n) is 10.7. The van der Waals surface area contributed by atoms with Crippen LogP contribution in [0.2, 0.25) is 0 Å². The summed E-state index contributed by atoms with van der Waals surface area (Å²) >= 11 is 0. The molecule has 0 heterocycles. The maximum absolute atomic E-state index is 12.1. The number of nitrogens with two attached hydrogens (primary N) is 1. The van der Waals surface area contributed by atoms with Crippen LogP contribution in [-0.4, -0.2) is 29.9 Å². The Bertz CT molecular complexity index is 210. The van der Waals surface area contributed by atoms with Gasteiger partial charge in [-0.1, -0.05) is 33.1 Å². The first-order valence-electron chi connectivity index (χ1n) is 6.67. The second-order valence-electron chi connectivity index (χ2n) is 5.12. The van der Waals surface area contributed by atoms with Gasteiger partial charge in [-0.2, -0.15) is 0 Å². The number of hydrogen-bond acceptors (Lipinski definition) is 2. The van der Waals surface area contributed by atoms with Gasteiger partial charge in [-0.05, 0) is 25.8 Å². The summed E-state index contributed by atoms with van der Waals surface area (Å²) in [5, 5.41) is 0. The maximum atomic E-state index is 12.1. The molecule has 2 N–H and O–H groups in total. The molecule has 0 aromatic rings. The molecule has 0 aromatic carbocycles. The van der Waals surface area contributed by atoms with Crippen LogP contribution in [0, 0.1) is 5.92 Å². The largest absolute Gasteiger partial charge is 0.339 e. The fraction of sp³-hybridized carbons (Fsp3) is 0.923. The van der Waals surface area contributed by atoms with Crippen LogP contribution in [0.25, 0.3) is 0 Å². The zero-order valence-corrected chi connectivity index (χ0v) is 10.7. The van der Waals surface area contributed by atoms with E-state index in [-0.39, 0.29) is 5.92 Å². The smallest absolute Gasteiger partial charge is 0.225 e. The van der Waals surface area contributed by atoms with Gasteiger partial charge in [0, 0.05) is 18.5 Å². The summed E-state index contributed by atoms with van der Waals surface area (Å²) in [4.78, 5) is 14.2. The van der Waals surface area contributed by atoms with Crippen molar-refractivity contribution in [2.75, 3.05) is 13.1 Å². The van der Waals surface area contributed by atoms with Crippen molar-refractivity contribution in [2.24, 2.45) is 11.7 Å². The highest BCUT2D eigenvalue weighted by Crippen LogP contribution is 2.24. The lowest BCUT2D eigenvalue weighted by atomic mass is 9.93. The maximum Gasteiger partial charge on any atom is 0.225 e. The average Bonchev–Trinajstić information content (AvgIpc) is 2.30. The molecular weight excluding hydrogens is 200 g/mol. The van der Waals surface area contributed by atoms with Crippen molar-refractivity contribution in [3.63, 3.8) is 0 Å². The lowest BCUT2D eigenvalue weighted by molar-refractivity contribution is -0.137. The van der Waals surface area contributed by atoms with Gasteiger partial charge in [-0.3, -0.25) is 4.79 Å². The lowest BCUT2D eigenvalue weighted by Gasteiger charge is -2.35. The fourth-order valence-electron chi connectivity index (χ4n) is 2.46. The SMILES string of the molecule is CC(C)C(=O)N(CCCN)C1CCCCC1. The van der Waals surface area contributed by atoms with Gasteiger partial charge in [0.2, 0.25) is 5.91 Å². The quantitative estimate of drug-likeness (QED) is 0.781. The van der Waals surface area contributed by atoms with E-state index < -0.39 is 0 Å². The number of amides is 1. The van der Waals surface area contributed by atoms with Gasteiger partial charge in [0.05, 0.1) is 0 Å². The molecule has 0 saturated heterocycles. The van der Waals surface area contributed by atoms with E-state index in [4.69, 9.17) is 5.73 Å². The average molecular weight is 226 g/mol. The number of hydrogen-bond donors (Lipinski definition) is 1. The third-order valence-corrected chi connectivity index (χ3v) is 3.40. The standard InChI is InChI=1S/C13H26N2O/c1-11(2)13(16)15(10-6-9-14)12-7-4-3-5-8-12/h11-12H,3-10,14H2,1-2H3. The molecule has 1 aliphatic rings. The predicted octanol–water partition coefficient (Wildman–Crippen LogP) is 2.15. The molecule has 0 atom stereocenters. The molecular formula is C13H26N2O. The van der Waals surface area contributed by atoms with Crippen molar-refractivity contribution in [3.8, 4) is 0 Å². The van der Waals surface area contributed by atoms with Crippen LogP contribution in [0.1, 0.15) is 52.4 Å². The molecule has 94 valence electrons. The van der Waals surface area contributed by atoms with Crippen molar-refractivity contribution >= 4 is 5.91 Å². The van der Waals surface area contributed by atoms with E-state index in [1.165, 1.54) is 32.1 Å². The van der Waals surface area contributed by atoms with E-state index >= 15 is 0 Å². The summed E-state index contributed by atoms with van der Waals surface area (Å²) in [6, 6.07) is 0.482. The highest BCUT2D eigenvalue weighted by molar-refractivity contribution is 5.78. The second kappa shape index (κ2) is 6.89. The lowest BCUT2D eigenvalue weighted by Crippen LogP contribution is -2.44. The molecule has 1 aliphatic carbocycles. The van der Waals surface area contributed by atoms with Crippen molar-refractivity contribution in [1.29, 1.82) is 0 Å². The molecule has 1 fully saturated rings. The first kappa shape index (κ1) is 13.5. The summed E-state index contributed by atoms with van der Waals surface area (Å²) in [5.41, 5.74) is 5.54. The molecule has 0 unspecified atom stereocenters. The molecule has 0 radical (unpaired) electrons. The Morgan fingerprint density at radius 3 is 2.44 bits per heavy atom. The minimum absolute atomic E-state index is 0.111. The number of nitrogens with zero attached hydrogens (tertiary/aromatic N) is 1. The minimum Gasteiger partial charge on any atom is -0.339 e. The van der Waals surface area contributed by atoms with E-state index in [2.05, 4.69) is 4.90 Å². The minimum atomic E-state index is 0.111. The highest BCUT2D eigenvalue weighted by atomic mass is 16.2. The van der Waals surface area contributed by atoms with Gasteiger partial charge in [-0.15, -0.1) is 0 Å². The molecule has 3 nitrogen and oxygen atoms in total. The molecule has 1 amide bonds. The molecule has 16 heavy (non-hydrogen) atoms. The molecule has 1 rings (SSSR count). The summed E-state index contributed by atoms with van der Waals surface area (Å²) in [6.07, 6.45) is 7.17. The summed E-state index contributed by atoms with van der Waals surface area (Å²) < 4.78 is 0. The van der Waals surface area contributed by atoms with E-state index in [0.717, 1.165) is 13.0 Å². The second-order valence-corrected chi connectivity index (χ2v) is 5.12. The van der Waals surface area contributed by atoms with Crippen molar-refractivity contribution in [2.45, 2.75) is 58.4 Å². The molecule has 1 saturated carbocycles. The van der Waals surface area contributed by atoms with E-state index in [0.29, 0.717) is 18.5 Å². The molecule has 0 spiro atoms. The fourth-order valence-corrected chi connectivity index (χ4v) is 2.46. The Labute approximate surface area is 99.4 Å².